The van der Waals surface area contributed by atoms with Gasteiger partial charge in [-0.2, -0.15) is 5.10 Å². The Balaban J connectivity index is 2.29. The third-order valence-corrected chi connectivity index (χ3v) is 3.64. The molecule has 0 saturated heterocycles. The number of nitrogens with two attached hydrogens (primary N) is 1. The van der Waals surface area contributed by atoms with Crippen molar-refractivity contribution in [3.05, 3.63) is 42.0 Å². The molecule has 4 heteroatoms. The molecule has 2 aromatic carbocycles. The van der Waals surface area contributed by atoms with Gasteiger partial charge in [0.2, 0.25) is 0 Å². The van der Waals surface area contributed by atoms with Crippen LogP contribution < -0.4 is 10.5 Å². The molecular weight excluding hydrogens is 250 g/mol. The molecule has 0 amide bonds. The number of rotatable bonds is 2. The van der Waals surface area contributed by atoms with E-state index in [1.165, 1.54) is 5.39 Å². The van der Waals surface area contributed by atoms with Crippen LogP contribution in [0.3, 0.4) is 0 Å². The molecule has 0 saturated carbocycles. The Morgan fingerprint density at radius 3 is 2.70 bits per heavy atom. The predicted octanol–water partition coefficient (Wildman–Crippen LogP) is 2.95. The third-order valence-electron chi connectivity index (χ3n) is 3.64. The van der Waals surface area contributed by atoms with Crippen LogP contribution >= 0.6 is 0 Å². The molecule has 0 radical (unpaired) electrons. The van der Waals surface area contributed by atoms with Crippen molar-refractivity contribution in [3.63, 3.8) is 0 Å². The molecule has 20 heavy (non-hydrogen) atoms. The molecule has 2 N–H and O–H groups in total. The maximum atomic E-state index is 5.76. The van der Waals surface area contributed by atoms with Gasteiger partial charge in [-0.3, -0.25) is 0 Å². The molecule has 0 fully saturated rings. The van der Waals surface area contributed by atoms with Crippen LogP contribution in [-0.2, 0) is 0 Å². The zero-order chi connectivity index (χ0) is 14.1. The highest BCUT2D eigenvalue weighted by Gasteiger charge is 2.23. The quantitative estimate of drug-likeness (QED) is 0.909. The first-order valence-electron chi connectivity index (χ1n) is 6.66. The van der Waals surface area contributed by atoms with Crippen molar-refractivity contribution in [2.45, 2.75) is 13.3 Å². The molecule has 1 heterocycles. The van der Waals surface area contributed by atoms with Crippen molar-refractivity contribution in [1.29, 1.82) is 0 Å². The van der Waals surface area contributed by atoms with Crippen molar-refractivity contribution in [1.82, 2.24) is 0 Å². The van der Waals surface area contributed by atoms with Gasteiger partial charge in [0.25, 0.3) is 0 Å². The highest BCUT2D eigenvalue weighted by atomic mass is 16.5. The lowest BCUT2D eigenvalue weighted by molar-refractivity contribution is 0.414. The van der Waals surface area contributed by atoms with Crippen LogP contribution in [0.25, 0.3) is 10.8 Å². The summed E-state index contributed by atoms with van der Waals surface area (Å²) in [5.74, 6) is 1.64. The minimum absolute atomic E-state index is 0.229. The Kier molecular flexibility index (Phi) is 3.14. The lowest BCUT2D eigenvalue weighted by Gasteiger charge is -2.20. The number of nitrogens with zero attached hydrogens (tertiary/aromatic N) is 2. The number of benzene rings is 2. The van der Waals surface area contributed by atoms with Gasteiger partial charge in [0, 0.05) is 17.9 Å². The van der Waals surface area contributed by atoms with E-state index in [9.17, 15) is 0 Å². The molecule has 4 nitrogen and oxygen atoms in total. The predicted molar refractivity (Wildman–Crippen MR) is 82.4 cm³/mol. The van der Waals surface area contributed by atoms with E-state index in [1.54, 1.807) is 7.11 Å². The molecule has 0 aromatic heterocycles. The molecule has 1 atom stereocenters. The van der Waals surface area contributed by atoms with Gasteiger partial charge in [-0.1, -0.05) is 37.3 Å². The van der Waals surface area contributed by atoms with Crippen molar-refractivity contribution >= 4 is 22.3 Å². The highest BCUT2D eigenvalue weighted by molar-refractivity contribution is 6.15. The first-order valence-corrected chi connectivity index (χ1v) is 6.66. The number of amidine groups is 1. The van der Waals surface area contributed by atoms with Gasteiger partial charge >= 0.3 is 0 Å². The van der Waals surface area contributed by atoms with Crippen LogP contribution in [0.1, 0.15) is 18.9 Å². The zero-order valence-electron chi connectivity index (χ0n) is 11.6. The topological polar surface area (TPSA) is 60.0 Å². The van der Waals surface area contributed by atoms with Crippen LogP contribution in [0.4, 0.5) is 0 Å². The number of hydrogen-bond acceptors (Lipinski definition) is 4. The van der Waals surface area contributed by atoms with Crippen LogP contribution in [0.5, 0.6) is 5.75 Å². The highest BCUT2D eigenvalue weighted by Crippen LogP contribution is 2.32. The van der Waals surface area contributed by atoms with E-state index in [1.807, 2.05) is 18.2 Å². The summed E-state index contributed by atoms with van der Waals surface area (Å²) in [4.78, 5) is 0. The largest absolute Gasteiger partial charge is 0.496 e. The van der Waals surface area contributed by atoms with Gasteiger partial charge in [0.1, 0.15) is 11.6 Å². The Morgan fingerprint density at radius 1 is 1.15 bits per heavy atom. The van der Waals surface area contributed by atoms with E-state index in [0.717, 1.165) is 28.8 Å². The Hall–Kier alpha value is -2.36. The smallest absolute Gasteiger partial charge is 0.128 e. The van der Waals surface area contributed by atoms with Gasteiger partial charge in [0.05, 0.1) is 12.8 Å². The Labute approximate surface area is 118 Å². The van der Waals surface area contributed by atoms with E-state index >= 15 is 0 Å². The first kappa shape index (κ1) is 12.7. The second kappa shape index (κ2) is 4.96. The molecular formula is C16H17N3O. The SMILES string of the molecule is COc1ccc2ccccc2c1C1=NN=C(N)CC1C. The second-order valence-electron chi connectivity index (χ2n) is 5.05. The maximum absolute atomic E-state index is 5.76. The summed E-state index contributed by atoms with van der Waals surface area (Å²) in [7, 11) is 1.68. The number of ether oxygens (including phenoxy) is 1. The van der Waals surface area contributed by atoms with Crippen molar-refractivity contribution in [3.8, 4) is 5.75 Å². The second-order valence-corrected chi connectivity index (χ2v) is 5.05. The van der Waals surface area contributed by atoms with Crippen LogP contribution in [-0.4, -0.2) is 18.7 Å². The third kappa shape index (κ3) is 2.03. The maximum Gasteiger partial charge on any atom is 0.128 e. The van der Waals surface area contributed by atoms with Crippen LogP contribution in [0.15, 0.2) is 46.6 Å². The summed E-state index contributed by atoms with van der Waals surface area (Å²) in [6.07, 6.45) is 0.727. The average Bonchev–Trinajstić information content (AvgIpc) is 2.46. The minimum Gasteiger partial charge on any atom is -0.496 e. The minimum atomic E-state index is 0.229. The van der Waals surface area contributed by atoms with E-state index < -0.39 is 0 Å². The normalized spacial score (nSPS) is 18.6. The lowest BCUT2D eigenvalue weighted by atomic mass is 9.90. The van der Waals surface area contributed by atoms with Gasteiger partial charge in [-0.15, -0.1) is 5.10 Å². The molecule has 2 aromatic rings. The van der Waals surface area contributed by atoms with Gasteiger partial charge in [0.15, 0.2) is 0 Å². The fourth-order valence-corrected chi connectivity index (χ4v) is 2.65. The van der Waals surface area contributed by atoms with Crippen molar-refractivity contribution in [2.75, 3.05) is 7.11 Å². The number of methoxy groups -OCH3 is 1. The summed E-state index contributed by atoms with van der Waals surface area (Å²) in [5, 5.41) is 10.7. The lowest BCUT2D eigenvalue weighted by Crippen LogP contribution is -2.25. The first-order chi connectivity index (χ1) is 9.70. The fourth-order valence-electron chi connectivity index (χ4n) is 2.65. The molecule has 0 bridgehead atoms. The van der Waals surface area contributed by atoms with Crippen LogP contribution in [0.2, 0.25) is 0 Å². The molecule has 3 rings (SSSR count). The summed E-state index contributed by atoms with van der Waals surface area (Å²) >= 11 is 0. The standard InChI is InChI=1S/C16H17N3O/c1-10-9-14(17)18-19-16(10)15-12-6-4-3-5-11(12)7-8-13(15)20-2/h3-8,10H,9H2,1-2H3,(H2,17,18). The number of hydrogen-bond donors (Lipinski definition) is 1. The number of fused-ring (bicyclic) bond motifs is 1. The van der Waals surface area contributed by atoms with E-state index in [2.05, 4.69) is 35.3 Å². The molecule has 102 valence electrons. The summed E-state index contributed by atoms with van der Waals surface area (Å²) in [6.45, 7) is 2.11. The molecule has 1 aliphatic rings. The Bertz CT molecular complexity index is 719. The molecule has 1 unspecified atom stereocenters. The van der Waals surface area contributed by atoms with E-state index in [0.29, 0.717) is 5.84 Å². The van der Waals surface area contributed by atoms with Gasteiger partial charge in [-0.25, -0.2) is 0 Å². The summed E-state index contributed by atoms with van der Waals surface area (Å²) < 4.78 is 5.52. The molecule has 1 aliphatic heterocycles. The van der Waals surface area contributed by atoms with Crippen molar-refractivity contribution in [2.24, 2.45) is 21.9 Å². The van der Waals surface area contributed by atoms with Crippen LogP contribution in [0, 0.1) is 5.92 Å². The van der Waals surface area contributed by atoms with Gasteiger partial charge in [-0.05, 0) is 16.8 Å². The van der Waals surface area contributed by atoms with Gasteiger partial charge < -0.3 is 10.5 Å². The zero-order valence-corrected chi connectivity index (χ0v) is 11.6. The monoisotopic (exact) mass is 267 g/mol. The van der Waals surface area contributed by atoms with E-state index in [-0.39, 0.29) is 5.92 Å². The van der Waals surface area contributed by atoms with Crippen molar-refractivity contribution < 1.29 is 4.74 Å². The Morgan fingerprint density at radius 2 is 1.95 bits per heavy atom. The average molecular weight is 267 g/mol. The summed E-state index contributed by atoms with van der Waals surface area (Å²) in [5.41, 5.74) is 7.72. The summed E-state index contributed by atoms with van der Waals surface area (Å²) in [6, 6.07) is 12.3. The fraction of sp³-hybridized carbons (Fsp3) is 0.250. The molecule has 0 spiro atoms. The van der Waals surface area contributed by atoms with E-state index in [4.69, 9.17) is 10.5 Å². The molecule has 0 aliphatic carbocycles.